The van der Waals surface area contributed by atoms with Crippen molar-refractivity contribution in [3.8, 4) is 0 Å². The number of pyridine rings is 1. The number of anilines is 3. The highest BCUT2D eigenvalue weighted by atomic mass is 16.2. The maximum absolute atomic E-state index is 12.3. The van der Waals surface area contributed by atoms with Gasteiger partial charge in [0.1, 0.15) is 5.69 Å². The first-order valence-corrected chi connectivity index (χ1v) is 9.14. The molecule has 0 bridgehead atoms. The second kappa shape index (κ2) is 8.21. The van der Waals surface area contributed by atoms with Gasteiger partial charge < -0.3 is 15.5 Å². The van der Waals surface area contributed by atoms with E-state index in [1.807, 2.05) is 26.8 Å². The Labute approximate surface area is 156 Å². The van der Waals surface area contributed by atoms with Gasteiger partial charge in [0, 0.05) is 41.9 Å². The first kappa shape index (κ1) is 19.8. The van der Waals surface area contributed by atoms with Crippen LogP contribution in [0.15, 0.2) is 36.5 Å². The highest BCUT2D eigenvalue weighted by Gasteiger charge is 2.16. The van der Waals surface area contributed by atoms with Crippen molar-refractivity contribution < 1.29 is 4.79 Å². The Balaban J connectivity index is 2.19. The highest BCUT2D eigenvalue weighted by Crippen LogP contribution is 2.25. The lowest BCUT2D eigenvalue weighted by atomic mass is 10.1. The van der Waals surface area contributed by atoms with Gasteiger partial charge in [-0.3, -0.25) is 9.78 Å². The van der Waals surface area contributed by atoms with Crippen molar-refractivity contribution in [2.75, 3.05) is 23.3 Å². The molecule has 0 spiro atoms. The zero-order valence-corrected chi connectivity index (χ0v) is 16.7. The molecule has 5 nitrogen and oxygen atoms in total. The van der Waals surface area contributed by atoms with Crippen molar-refractivity contribution >= 4 is 23.0 Å². The maximum Gasteiger partial charge on any atom is 0.270 e. The molecule has 0 aliphatic carbocycles. The Kier molecular flexibility index (Phi) is 6.24. The molecular formula is C21H30N4O. The second-order valence-electron chi connectivity index (χ2n) is 7.43. The number of carbonyl (C=O) groups excluding carboxylic acids is 1. The molecule has 2 N–H and O–H groups in total. The van der Waals surface area contributed by atoms with Gasteiger partial charge in [-0.1, -0.05) is 0 Å². The molecule has 2 aromatic rings. The molecule has 0 saturated heterocycles. The van der Waals surface area contributed by atoms with E-state index in [4.69, 9.17) is 0 Å². The van der Waals surface area contributed by atoms with E-state index < -0.39 is 0 Å². The molecule has 5 heteroatoms. The summed E-state index contributed by atoms with van der Waals surface area (Å²) in [6.45, 7) is 14.2. The van der Waals surface area contributed by atoms with E-state index in [1.165, 1.54) is 5.69 Å². The number of nitrogens with one attached hydrogen (secondary N) is 2. The van der Waals surface area contributed by atoms with E-state index in [2.05, 4.69) is 59.5 Å². The van der Waals surface area contributed by atoms with Crippen LogP contribution in [0.4, 0.5) is 17.1 Å². The van der Waals surface area contributed by atoms with Gasteiger partial charge in [0.15, 0.2) is 0 Å². The van der Waals surface area contributed by atoms with E-state index in [0.29, 0.717) is 5.69 Å². The molecule has 0 aliphatic rings. The van der Waals surface area contributed by atoms with Crippen molar-refractivity contribution in [3.05, 3.63) is 47.8 Å². The third kappa shape index (κ3) is 5.22. The number of aryl methyl sites for hydroxylation is 1. The standard InChI is InChI=1S/C21H30N4O/c1-7-25(8-2)17-9-10-18(15(3)13-17)23-16-11-12-22-19(14-16)20(26)24-21(4,5)6/h9-14H,7-8H2,1-6H3,(H,22,23)(H,24,26). The topological polar surface area (TPSA) is 57.3 Å². The van der Waals surface area contributed by atoms with Crippen molar-refractivity contribution in [1.82, 2.24) is 10.3 Å². The van der Waals surface area contributed by atoms with Crippen LogP contribution in [0.1, 0.15) is 50.7 Å². The third-order valence-electron chi connectivity index (χ3n) is 4.10. The number of hydrogen-bond donors (Lipinski definition) is 2. The fourth-order valence-corrected chi connectivity index (χ4v) is 2.77. The molecule has 2 rings (SSSR count). The van der Waals surface area contributed by atoms with E-state index in [1.54, 1.807) is 12.3 Å². The largest absolute Gasteiger partial charge is 0.372 e. The van der Waals surface area contributed by atoms with E-state index >= 15 is 0 Å². The first-order valence-electron chi connectivity index (χ1n) is 9.14. The molecule has 0 fully saturated rings. The minimum atomic E-state index is -0.293. The molecule has 140 valence electrons. The lowest BCUT2D eigenvalue weighted by Crippen LogP contribution is -2.40. The van der Waals surface area contributed by atoms with Crippen LogP contribution >= 0.6 is 0 Å². The Morgan fingerprint density at radius 3 is 2.38 bits per heavy atom. The number of carbonyl (C=O) groups is 1. The summed E-state index contributed by atoms with van der Waals surface area (Å²) in [6.07, 6.45) is 1.65. The first-order chi connectivity index (χ1) is 12.2. The van der Waals surface area contributed by atoms with Gasteiger partial charge in [0.05, 0.1) is 0 Å². The summed E-state index contributed by atoms with van der Waals surface area (Å²) in [4.78, 5) is 18.8. The number of nitrogens with zero attached hydrogens (tertiary/aromatic N) is 2. The smallest absolute Gasteiger partial charge is 0.270 e. The molecule has 0 unspecified atom stereocenters. The van der Waals surface area contributed by atoms with Gasteiger partial charge in [0.2, 0.25) is 0 Å². The average Bonchev–Trinajstić information content (AvgIpc) is 2.57. The SMILES string of the molecule is CCN(CC)c1ccc(Nc2ccnc(C(=O)NC(C)(C)C)c2)c(C)c1. The monoisotopic (exact) mass is 354 g/mol. The molecule has 1 aromatic heterocycles. The van der Waals surface area contributed by atoms with Crippen molar-refractivity contribution in [2.24, 2.45) is 0 Å². The molecule has 0 aliphatic heterocycles. The van der Waals surface area contributed by atoms with Gasteiger partial charge in [0.25, 0.3) is 5.91 Å². The predicted molar refractivity (Wildman–Crippen MR) is 109 cm³/mol. The van der Waals surface area contributed by atoms with Crippen LogP contribution in [-0.2, 0) is 0 Å². The fourth-order valence-electron chi connectivity index (χ4n) is 2.77. The predicted octanol–water partition coefficient (Wildman–Crippen LogP) is 4.51. The van der Waals surface area contributed by atoms with Crippen molar-refractivity contribution in [1.29, 1.82) is 0 Å². The van der Waals surface area contributed by atoms with Gasteiger partial charge in [-0.05, 0) is 77.4 Å². The normalized spacial score (nSPS) is 11.2. The summed E-state index contributed by atoms with van der Waals surface area (Å²) in [5.41, 5.74) is 4.36. The van der Waals surface area contributed by atoms with Gasteiger partial charge in [-0.15, -0.1) is 0 Å². The van der Waals surface area contributed by atoms with E-state index in [0.717, 1.165) is 30.0 Å². The summed E-state index contributed by atoms with van der Waals surface area (Å²) in [6, 6.07) is 10.0. The van der Waals surface area contributed by atoms with Gasteiger partial charge >= 0.3 is 0 Å². The summed E-state index contributed by atoms with van der Waals surface area (Å²) in [7, 11) is 0. The second-order valence-corrected chi connectivity index (χ2v) is 7.43. The summed E-state index contributed by atoms with van der Waals surface area (Å²) in [5, 5.41) is 6.33. The molecule has 0 radical (unpaired) electrons. The molecular weight excluding hydrogens is 324 g/mol. The molecule has 0 atom stereocenters. The Hall–Kier alpha value is -2.56. The van der Waals surface area contributed by atoms with E-state index in [9.17, 15) is 4.79 Å². The van der Waals surface area contributed by atoms with Crippen LogP contribution in [0.3, 0.4) is 0 Å². The van der Waals surface area contributed by atoms with Crippen molar-refractivity contribution in [3.63, 3.8) is 0 Å². The van der Waals surface area contributed by atoms with Crippen LogP contribution in [0.2, 0.25) is 0 Å². The molecule has 1 amide bonds. The Morgan fingerprint density at radius 1 is 1.12 bits per heavy atom. The number of hydrogen-bond acceptors (Lipinski definition) is 4. The number of benzene rings is 1. The number of rotatable bonds is 6. The minimum Gasteiger partial charge on any atom is -0.372 e. The number of aromatic nitrogens is 1. The van der Waals surface area contributed by atoms with E-state index in [-0.39, 0.29) is 11.4 Å². The molecule has 26 heavy (non-hydrogen) atoms. The lowest BCUT2D eigenvalue weighted by molar-refractivity contribution is 0.0914. The average molecular weight is 354 g/mol. The lowest BCUT2D eigenvalue weighted by Gasteiger charge is -2.22. The van der Waals surface area contributed by atoms with Crippen LogP contribution in [0, 0.1) is 6.92 Å². The third-order valence-corrected chi connectivity index (χ3v) is 4.10. The fraction of sp³-hybridized carbons (Fsp3) is 0.429. The molecule has 0 saturated carbocycles. The molecule has 1 heterocycles. The quantitative estimate of drug-likeness (QED) is 0.801. The summed E-state index contributed by atoms with van der Waals surface area (Å²) < 4.78 is 0. The minimum absolute atomic E-state index is 0.172. The zero-order valence-electron chi connectivity index (χ0n) is 16.7. The van der Waals surface area contributed by atoms with Gasteiger partial charge in [-0.25, -0.2) is 0 Å². The van der Waals surface area contributed by atoms with Crippen LogP contribution in [0.25, 0.3) is 0 Å². The van der Waals surface area contributed by atoms with Crippen LogP contribution in [0.5, 0.6) is 0 Å². The van der Waals surface area contributed by atoms with Crippen LogP contribution in [-0.4, -0.2) is 29.5 Å². The number of amides is 1. The van der Waals surface area contributed by atoms with Crippen LogP contribution < -0.4 is 15.5 Å². The summed E-state index contributed by atoms with van der Waals surface area (Å²) in [5.74, 6) is -0.172. The molecule has 1 aromatic carbocycles. The van der Waals surface area contributed by atoms with Gasteiger partial charge in [-0.2, -0.15) is 0 Å². The highest BCUT2D eigenvalue weighted by molar-refractivity contribution is 5.93. The summed E-state index contributed by atoms with van der Waals surface area (Å²) >= 11 is 0. The van der Waals surface area contributed by atoms with Crippen molar-refractivity contribution in [2.45, 2.75) is 47.1 Å². The Bertz CT molecular complexity index is 761. The Morgan fingerprint density at radius 2 is 1.81 bits per heavy atom. The maximum atomic E-state index is 12.3. The zero-order chi connectivity index (χ0) is 19.3.